The van der Waals surface area contributed by atoms with Crippen LogP contribution in [-0.2, 0) is 26.3 Å². The quantitative estimate of drug-likeness (QED) is 0.782. The molecule has 0 aromatic carbocycles. The van der Waals surface area contributed by atoms with Gasteiger partial charge in [-0.25, -0.2) is 15.0 Å². The first-order valence-electron chi connectivity index (χ1n) is 8.31. The lowest BCUT2D eigenvalue weighted by Crippen LogP contribution is -2.12. The van der Waals surface area contributed by atoms with E-state index in [1.54, 1.807) is 6.20 Å². The third-order valence-electron chi connectivity index (χ3n) is 4.41. The summed E-state index contributed by atoms with van der Waals surface area (Å²) in [6.07, 6.45) is 11.5. The molecule has 24 heavy (non-hydrogen) atoms. The van der Waals surface area contributed by atoms with Crippen molar-refractivity contribution in [1.29, 1.82) is 0 Å². The van der Waals surface area contributed by atoms with Crippen molar-refractivity contribution in [3.05, 3.63) is 54.0 Å². The summed E-state index contributed by atoms with van der Waals surface area (Å²) in [7, 11) is 2.02. The fraction of sp³-hybridized carbons (Fsp3) is 0.333. The summed E-state index contributed by atoms with van der Waals surface area (Å²) in [6.45, 7) is 0.806. The third-order valence-corrected chi connectivity index (χ3v) is 4.41. The van der Waals surface area contributed by atoms with Crippen LogP contribution < -0.4 is 5.32 Å². The van der Waals surface area contributed by atoms with Gasteiger partial charge in [0.1, 0.15) is 11.6 Å². The molecule has 1 aliphatic rings. The molecule has 0 aliphatic heterocycles. The van der Waals surface area contributed by atoms with Crippen LogP contribution in [0.1, 0.15) is 23.5 Å². The molecule has 6 heteroatoms. The average Bonchev–Trinajstić information content (AvgIpc) is 3.24. The molecule has 3 aromatic heterocycles. The van der Waals surface area contributed by atoms with E-state index in [0.717, 1.165) is 55.3 Å². The highest BCUT2D eigenvalue weighted by molar-refractivity contribution is 5.59. The second kappa shape index (κ2) is 6.39. The Kier molecular flexibility index (Phi) is 3.94. The van der Waals surface area contributed by atoms with Gasteiger partial charge in [-0.2, -0.15) is 0 Å². The first kappa shape index (κ1) is 14.8. The summed E-state index contributed by atoms with van der Waals surface area (Å²) in [5.41, 5.74) is 3.39. The number of nitrogens with one attached hydrogen (secondary N) is 1. The fourth-order valence-corrected chi connectivity index (χ4v) is 3.13. The predicted octanol–water partition coefficient (Wildman–Crippen LogP) is 2.42. The number of pyridine rings is 1. The Labute approximate surface area is 141 Å². The smallest absolute Gasteiger partial charge is 0.163 e. The maximum Gasteiger partial charge on any atom is 0.163 e. The minimum atomic E-state index is 0.753. The molecule has 0 fully saturated rings. The Morgan fingerprint density at radius 3 is 2.96 bits per heavy atom. The van der Waals surface area contributed by atoms with E-state index in [-0.39, 0.29) is 0 Å². The van der Waals surface area contributed by atoms with E-state index in [0.29, 0.717) is 0 Å². The highest BCUT2D eigenvalue weighted by Crippen LogP contribution is 2.28. The van der Waals surface area contributed by atoms with Crippen LogP contribution in [0.25, 0.3) is 11.4 Å². The zero-order valence-corrected chi connectivity index (χ0v) is 13.7. The van der Waals surface area contributed by atoms with Crippen molar-refractivity contribution in [2.75, 3.05) is 11.9 Å². The van der Waals surface area contributed by atoms with Crippen LogP contribution in [0.2, 0.25) is 0 Å². The second-order valence-electron chi connectivity index (χ2n) is 6.05. The Balaban J connectivity index is 1.58. The van der Waals surface area contributed by atoms with Gasteiger partial charge in [0.05, 0.1) is 0 Å². The topological polar surface area (TPSA) is 68.5 Å². The van der Waals surface area contributed by atoms with E-state index in [1.165, 1.54) is 11.3 Å². The summed E-state index contributed by atoms with van der Waals surface area (Å²) in [5, 5.41) is 3.50. The molecule has 0 atom stereocenters. The van der Waals surface area contributed by atoms with Gasteiger partial charge in [-0.1, -0.05) is 0 Å². The second-order valence-corrected chi connectivity index (χ2v) is 6.05. The van der Waals surface area contributed by atoms with Gasteiger partial charge in [0.25, 0.3) is 0 Å². The van der Waals surface area contributed by atoms with Crippen LogP contribution in [0.15, 0.2) is 36.9 Å². The number of anilines is 1. The number of hydrogen-bond donors (Lipinski definition) is 1. The lowest BCUT2D eigenvalue weighted by atomic mass is 10.2. The molecular formula is C18H20N6. The fourth-order valence-electron chi connectivity index (χ4n) is 3.13. The normalized spacial score (nSPS) is 13.0. The molecule has 4 rings (SSSR count). The van der Waals surface area contributed by atoms with Gasteiger partial charge in [-0.3, -0.25) is 4.98 Å². The van der Waals surface area contributed by atoms with Crippen LogP contribution in [-0.4, -0.2) is 31.0 Å². The van der Waals surface area contributed by atoms with Crippen LogP contribution in [0.4, 0.5) is 5.82 Å². The summed E-state index contributed by atoms with van der Waals surface area (Å²) < 4.78 is 2.05. The van der Waals surface area contributed by atoms with Crippen molar-refractivity contribution in [2.45, 2.75) is 25.7 Å². The Morgan fingerprint density at radius 1 is 1.21 bits per heavy atom. The van der Waals surface area contributed by atoms with Crippen molar-refractivity contribution in [2.24, 2.45) is 7.05 Å². The summed E-state index contributed by atoms with van der Waals surface area (Å²) in [4.78, 5) is 18.1. The van der Waals surface area contributed by atoms with Gasteiger partial charge < -0.3 is 9.88 Å². The van der Waals surface area contributed by atoms with Gasteiger partial charge >= 0.3 is 0 Å². The molecule has 122 valence electrons. The molecule has 6 nitrogen and oxygen atoms in total. The van der Waals surface area contributed by atoms with E-state index < -0.39 is 0 Å². The van der Waals surface area contributed by atoms with Crippen molar-refractivity contribution in [3.8, 4) is 11.4 Å². The van der Waals surface area contributed by atoms with Gasteiger partial charge in [0, 0.05) is 61.6 Å². The standard InChI is InChI=1S/C18H20N6/c1-24-11-10-20-16(24)7-9-21-18-14-5-2-6-15(14)22-17(23-18)13-4-3-8-19-12-13/h3-4,8,10-12H,2,5-7,9H2,1H3,(H,21,22,23). The molecule has 3 heterocycles. The molecule has 0 saturated carbocycles. The van der Waals surface area contributed by atoms with E-state index in [4.69, 9.17) is 9.97 Å². The minimum absolute atomic E-state index is 0.753. The highest BCUT2D eigenvalue weighted by atomic mass is 15.1. The maximum absolute atomic E-state index is 4.77. The number of aryl methyl sites for hydroxylation is 2. The number of hydrogen-bond acceptors (Lipinski definition) is 5. The molecule has 0 unspecified atom stereocenters. The maximum atomic E-state index is 4.77. The van der Waals surface area contributed by atoms with Crippen LogP contribution in [0.3, 0.4) is 0 Å². The largest absolute Gasteiger partial charge is 0.369 e. The van der Waals surface area contributed by atoms with Gasteiger partial charge in [0.15, 0.2) is 5.82 Å². The molecule has 0 bridgehead atoms. The average molecular weight is 320 g/mol. The molecule has 0 saturated heterocycles. The van der Waals surface area contributed by atoms with E-state index >= 15 is 0 Å². The number of rotatable bonds is 5. The monoisotopic (exact) mass is 320 g/mol. The van der Waals surface area contributed by atoms with Crippen LogP contribution >= 0.6 is 0 Å². The molecule has 0 spiro atoms. The minimum Gasteiger partial charge on any atom is -0.369 e. The third kappa shape index (κ3) is 2.87. The Bertz CT molecular complexity index is 840. The number of fused-ring (bicyclic) bond motifs is 1. The Hall–Kier alpha value is -2.76. The van der Waals surface area contributed by atoms with Gasteiger partial charge in [-0.05, 0) is 31.4 Å². The van der Waals surface area contributed by atoms with Crippen molar-refractivity contribution < 1.29 is 0 Å². The number of imidazole rings is 1. The molecule has 0 radical (unpaired) electrons. The summed E-state index contributed by atoms with van der Waals surface area (Å²) in [5.74, 6) is 2.79. The molecule has 1 N–H and O–H groups in total. The highest BCUT2D eigenvalue weighted by Gasteiger charge is 2.19. The molecule has 0 amide bonds. The van der Waals surface area contributed by atoms with Crippen LogP contribution in [0, 0.1) is 0 Å². The predicted molar refractivity (Wildman–Crippen MR) is 92.7 cm³/mol. The van der Waals surface area contributed by atoms with Crippen molar-refractivity contribution >= 4 is 5.82 Å². The van der Waals surface area contributed by atoms with Crippen LogP contribution in [0.5, 0.6) is 0 Å². The van der Waals surface area contributed by atoms with E-state index in [2.05, 4.69) is 15.3 Å². The van der Waals surface area contributed by atoms with E-state index in [9.17, 15) is 0 Å². The van der Waals surface area contributed by atoms with E-state index in [1.807, 2.05) is 42.3 Å². The summed E-state index contributed by atoms with van der Waals surface area (Å²) >= 11 is 0. The van der Waals surface area contributed by atoms with Gasteiger partial charge in [0.2, 0.25) is 0 Å². The Morgan fingerprint density at radius 2 is 2.17 bits per heavy atom. The number of nitrogens with zero attached hydrogens (tertiary/aromatic N) is 5. The van der Waals surface area contributed by atoms with Crippen molar-refractivity contribution in [1.82, 2.24) is 24.5 Å². The zero-order chi connectivity index (χ0) is 16.4. The first-order chi connectivity index (χ1) is 11.8. The first-order valence-corrected chi connectivity index (χ1v) is 8.31. The SMILES string of the molecule is Cn1ccnc1CCNc1nc(-c2cccnc2)nc2c1CCC2. The van der Waals surface area contributed by atoms with Crippen molar-refractivity contribution in [3.63, 3.8) is 0 Å². The lowest BCUT2D eigenvalue weighted by molar-refractivity contribution is 0.787. The molecule has 1 aliphatic carbocycles. The molecular weight excluding hydrogens is 300 g/mol. The number of aromatic nitrogens is 5. The zero-order valence-electron chi connectivity index (χ0n) is 13.7. The summed E-state index contributed by atoms with van der Waals surface area (Å²) in [6, 6.07) is 3.92. The van der Waals surface area contributed by atoms with Gasteiger partial charge in [-0.15, -0.1) is 0 Å². The molecule has 3 aromatic rings. The lowest BCUT2D eigenvalue weighted by Gasteiger charge is -2.12.